The molecule has 1 atom stereocenters. The van der Waals surface area contributed by atoms with Gasteiger partial charge in [0.2, 0.25) is 0 Å². The van der Waals surface area contributed by atoms with Gasteiger partial charge in [-0.15, -0.1) is 0 Å². The highest BCUT2D eigenvalue weighted by atomic mass is 15.3. The van der Waals surface area contributed by atoms with Gasteiger partial charge >= 0.3 is 0 Å². The van der Waals surface area contributed by atoms with E-state index in [1.807, 2.05) is 0 Å². The second-order valence-electron chi connectivity index (χ2n) is 5.36. The summed E-state index contributed by atoms with van der Waals surface area (Å²) in [4.78, 5) is 5.32. The Morgan fingerprint density at radius 3 is 2.44 bits per heavy atom. The van der Waals surface area contributed by atoms with Crippen LogP contribution in [0.1, 0.15) is 33.1 Å². The zero-order valence-electron chi connectivity index (χ0n) is 10.9. The molecule has 2 fully saturated rings. The van der Waals surface area contributed by atoms with Crippen LogP contribution >= 0.6 is 0 Å². The van der Waals surface area contributed by atoms with Crippen LogP contribution in [0.2, 0.25) is 0 Å². The number of piperazine rings is 1. The van der Waals surface area contributed by atoms with Crippen molar-refractivity contribution >= 4 is 0 Å². The quantitative estimate of drug-likeness (QED) is 0.684. The van der Waals surface area contributed by atoms with Crippen molar-refractivity contribution in [3.63, 3.8) is 0 Å². The summed E-state index contributed by atoms with van der Waals surface area (Å²) in [6.07, 6.45) is 4.14. The van der Waals surface area contributed by atoms with Crippen LogP contribution < -0.4 is 5.32 Å². The van der Waals surface area contributed by atoms with Crippen LogP contribution in [-0.2, 0) is 0 Å². The molecule has 1 aliphatic carbocycles. The number of rotatable bonds is 6. The van der Waals surface area contributed by atoms with E-state index >= 15 is 0 Å². The maximum atomic E-state index is 3.52. The molecule has 2 rings (SSSR count). The van der Waals surface area contributed by atoms with Gasteiger partial charge in [0.15, 0.2) is 0 Å². The average molecular weight is 225 g/mol. The summed E-state index contributed by atoms with van der Waals surface area (Å²) in [7, 11) is 0. The molecule has 3 heteroatoms. The summed E-state index contributed by atoms with van der Waals surface area (Å²) >= 11 is 0. The fourth-order valence-corrected chi connectivity index (χ4v) is 2.60. The Morgan fingerprint density at radius 2 is 1.88 bits per heavy atom. The lowest BCUT2D eigenvalue weighted by Gasteiger charge is -2.38. The highest BCUT2D eigenvalue weighted by Gasteiger charge is 2.31. The predicted octanol–water partition coefficient (Wildman–Crippen LogP) is 1.15. The predicted molar refractivity (Wildman–Crippen MR) is 68.8 cm³/mol. The summed E-state index contributed by atoms with van der Waals surface area (Å²) in [6, 6.07) is 1.66. The van der Waals surface area contributed by atoms with Crippen molar-refractivity contribution < 1.29 is 0 Å². The van der Waals surface area contributed by atoms with Crippen LogP contribution in [-0.4, -0.2) is 61.2 Å². The zero-order chi connectivity index (χ0) is 11.4. The van der Waals surface area contributed by atoms with Gasteiger partial charge in [-0.1, -0.05) is 6.92 Å². The molecule has 16 heavy (non-hydrogen) atoms. The molecular formula is C13H27N3. The molecule has 0 spiro atoms. The highest BCUT2D eigenvalue weighted by Crippen LogP contribution is 2.27. The Balaban J connectivity index is 1.62. The molecule has 3 nitrogen and oxygen atoms in total. The van der Waals surface area contributed by atoms with Crippen molar-refractivity contribution in [2.75, 3.05) is 39.3 Å². The second-order valence-corrected chi connectivity index (χ2v) is 5.36. The average Bonchev–Trinajstić information content (AvgIpc) is 3.13. The van der Waals surface area contributed by atoms with E-state index in [9.17, 15) is 0 Å². The van der Waals surface area contributed by atoms with Crippen molar-refractivity contribution in [3.8, 4) is 0 Å². The van der Waals surface area contributed by atoms with Gasteiger partial charge in [-0.2, -0.15) is 0 Å². The van der Waals surface area contributed by atoms with E-state index in [1.165, 1.54) is 45.4 Å². The minimum atomic E-state index is 0.702. The van der Waals surface area contributed by atoms with Crippen molar-refractivity contribution in [1.29, 1.82) is 0 Å². The first-order valence-electron chi connectivity index (χ1n) is 7.00. The molecule has 2 aliphatic rings. The van der Waals surface area contributed by atoms with Gasteiger partial charge in [0.25, 0.3) is 0 Å². The van der Waals surface area contributed by atoms with Crippen LogP contribution in [0.5, 0.6) is 0 Å². The standard InChI is InChI=1S/C13H27N3/c1-3-6-14-11-12(2)15-7-9-16(10-8-15)13-4-5-13/h12-14H,3-11H2,1-2H3. The monoisotopic (exact) mass is 225 g/mol. The maximum absolute atomic E-state index is 3.52. The van der Waals surface area contributed by atoms with E-state index in [0.717, 1.165) is 19.1 Å². The van der Waals surface area contributed by atoms with E-state index in [-0.39, 0.29) is 0 Å². The summed E-state index contributed by atoms with van der Waals surface area (Å²) in [5, 5.41) is 3.52. The lowest BCUT2D eigenvalue weighted by atomic mass is 10.2. The Hall–Kier alpha value is -0.120. The summed E-state index contributed by atoms with van der Waals surface area (Å²) in [6.45, 7) is 12.0. The van der Waals surface area contributed by atoms with Crippen molar-refractivity contribution in [2.24, 2.45) is 0 Å². The van der Waals surface area contributed by atoms with Gasteiger partial charge in [0.1, 0.15) is 0 Å². The number of nitrogens with one attached hydrogen (secondary N) is 1. The minimum absolute atomic E-state index is 0.702. The van der Waals surface area contributed by atoms with Crippen molar-refractivity contribution in [3.05, 3.63) is 0 Å². The van der Waals surface area contributed by atoms with Gasteiger partial charge in [-0.05, 0) is 32.7 Å². The topological polar surface area (TPSA) is 18.5 Å². The third kappa shape index (κ3) is 3.44. The molecule has 94 valence electrons. The van der Waals surface area contributed by atoms with E-state index in [2.05, 4.69) is 29.0 Å². The van der Waals surface area contributed by atoms with E-state index in [4.69, 9.17) is 0 Å². The third-order valence-electron chi connectivity index (χ3n) is 3.90. The van der Waals surface area contributed by atoms with Crippen LogP contribution in [0.3, 0.4) is 0 Å². The maximum Gasteiger partial charge on any atom is 0.0193 e. The fourth-order valence-electron chi connectivity index (χ4n) is 2.60. The highest BCUT2D eigenvalue weighted by molar-refractivity contribution is 4.88. The van der Waals surface area contributed by atoms with Crippen molar-refractivity contribution in [1.82, 2.24) is 15.1 Å². The van der Waals surface area contributed by atoms with Crippen molar-refractivity contribution in [2.45, 2.75) is 45.2 Å². The van der Waals surface area contributed by atoms with E-state index in [0.29, 0.717) is 6.04 Å². The molecule has 0 radical (unpaired) electrons. The summed E-state index contributed by atoms with van der Waals surface area (Å²) in [5.41, 5.74) is 0. The molecule has 0 amide bonds. The smallest absolute Gasteiger partial charge is 0.0193 e. The Labute approximate surface area is 100 Å². The Morgan fingerprint density at radius 1 is 1.19 bits per heavy atom. The van der Waals surface area contributed by atoms with E-state index < -0.39 is 0 Å². The third-order valence-corrected chi connectivity index (χ3v) is 3.90. The van der Waals surface area contributed by atoms with Gasteiger partial charge in [0.05, 0.1) is 0 Å². The molecule has 1 saturated carbocycles. The van der Waals surface area contributed by atoms with E-state index in [1.54, 1.807) is 0 Å². The first-order valence-corrected chi connectivity index (χ1v) is 7.00. The van der Waals surface area contributed by atoms with Gasteiger partial charge in [-0.25, -0.2) is 0 Å². The van der Waals surface area contributed by atoms with Crippen LogP contribution in [0.15, 0.2) is 0 Å². The molecule has 0 bridgehead atoms. The molecule has 1 N–H and O–H groups in total. The first-order chi connectivity index (χ1) is 7.81. The Kier molecular flexibility index (Phi) is 4.62. The van der Waals surface area contributed by atoms with Gasteiger partial charge in [-0.3, -0.25) is 9.80 Å². The number of hydrogen-bond donors (Lipinski definition) is 1. The molecule has 1 heterocycles. The van der Waals surface area contributed by atoms with Crippen LogP contribution in [0.4, 0.5) is 0 Å². The lowest BCUT2D eigenvalue weighted by molar-refractivity contribution is 0.0970. The largest absolute Gasteiger partial charge is 0.315 e. The lowest BCUT2D eigenvalue weighted by Crippen LogP contribution is -2.52. The molecule has 0 aromatic heterocycles. The zero-order valence-corrected chi connectivity index (χ0v) is 10.9. The Bertz CT molecular complexity index is 195. The minimum Gasteiger partial charge on any atom is -0.315 e. The summed E-state index contributed by atoms with van der Waals surface area (Å²) in [5.74, 6) is 0. The number of hydrogen-bond acceptors (Lipinski definition) is 3. The fraction of sp³-hybridized carbons (Fsp3) is 1.00. The van der Waals surface area contributed by atoms with Crippen LogP contribution in [0, 0.1) is 0 Å². The molecule has 1 unspecified atom stereocenters. The molecule has 1 aliphatic heterocycles. The normalized spacial score (nSPS) is 25.9. The summed E-state index contributed by atoms with van der Waals surface area (Å²) < 4.78 is 0. The first kappa shape index (κ1) is 12.3. The molecular weight excluding hydrogens is 198 g/mol. The SMILES string of the molecule is CCCNCC(C)N1CCN(C2CC2)CC1. The molecule has 1 saturated heterocycles. The molecule has 0 aromatic rings. The second kappa shape index (κ2) is 5.99. The number of nitrogens with zero attached hydrogens (tertiary/aromatic N) is 2. The van der Waals surface area contributed by atoms with Crippen LogP contribution in [0.25, 0.3) is 0 Å². The van der Waals surface area contributed by atoms with Gasteiger partial charge in [0, 0.05) is 44.8 Å². The molecule has 0 aromatic carbocycles. The van der Waals surface area contributed by atoms with Gasteiger partial charge < -0.3 is 5.32 Å².